The Morgan fingerprint density at radius 2 is 1.76 bits per heavy atom. The molecule has 0 saturated carbocycles. The summed E-state index contributed by atoms with van der Waals surface area (Å²) in [5.74, 6) is 0.109. The average molecular weight is 298 g/mol. The molecule has 1 aromatic carbocycles. The van der Waals surface area contributed by atoms with E-state index >= 15 is 0 Å². The molecule has 1 aromatic heterocycles. The van der Waals surface area contributed by atoms with E-state index in [1.165, 1.54) is 18.2 Å². The first-order valence-electron chi connectivity index (χ1n) is 5.89. The molecule has 3 N–H and O–H groups in total. The summed E-state index contributed by atoms with van der Waals surface area (Å²) in [7, 11) is 3.37. The summed E-state index contributed by atoms with van der Waals surface area (Å²) in [4.78, 5) is 13.2. The summed E-state index contributed by atoms with van der Waals surface area (Å²) in [6.45, 7) is 0. The van der Waals surface area contributed by atoms with Gasteiger partial charge in [0.15, 0.2) is 0 Å². The Bertz CT molecular complexity index is 641. The summed E-state index contributed by atoms with van der Waals surface area (Å²) in [6.07, 6.45) is -4.48. The SMILES string of the molecule is CN(C)c1nc(N)nc(Nc2ccccc2C(F)(F)F)n1. The molecule has 2 aromatic rings. The number of hydrogen-bond acceptors (Lipinski definition) is 6. The third kappa shape index (κ3) is 3.50. The van der Waals surface area contributed by atoms with Crippen LogP contribution in [0.15, 0.2) is 24.3 Å². The molecule has 1 heterocycles. The highest BCUT2D eigenvalue weighted by atomic mass is 19.4. The highest BCUT2D eigenvalue weighted by Crippen LogP contribution is 2.35. The Hall–Kier alpha value is -2.58. The van der Waals surface area contributed by atoms with E-state index in [0.29, 0.717) is 0 Å². The van der Waals surface area contributed by atoms with Crippen molar-refractivity contribution in [3.8, 4) is 0 Å². The number of benzene rings is 1. The van der Waals surface area contributed by atoms with Gasteiger partial charge in [-0.05, 0) is 12.1 Å². The summed E-state index contributed by atoms with van der Waals surface area (Å²) >= 11 is 0. The maximum Gasteiger partial charge on any atom is 0.418 e. The van der Waals surface area contributed by atoms with Crippen LogP contribution >= 0.6 is 0 Å². The maximum absolute atomic E-state index is 12.9. The Balaban J connectivity index is 2.39. The Morgan fingerprint density at radius 3 is 2.38 bits per heavy atom. The van der Waals surface area contributed by atoms with Gasteiger partial charge in [0.05, 0.1) is 11.3 Å². The van der Waals surface area contributed by atoms with Crippen molar-refractivity contribution in [3.63, 3.8) is 0 Å². The summed E-state index contributed by atoms with van der Waals surface area (Å²) in [6, 6.07) is 5.05. The zero-order valence-electron chi connectivity index (χ0n) is 11.3. The van der Waals surface area contributed by atoms with Gasteiger partial charge in [-0.3, -0.25) is 0 Å². The quantitative estimate of drug-likeness (QED) is 0.905. The summed E-state index contributed by atoms with van der Waals surface area (Å²) in [5.41, 5.74) is 4.56. The molecule has 0 amide bonds. The van der Waals surface area contributed by atoms with Crippen molar-refractivity contribution in [1.82, 2.24) is 15.0 Å². The van der Waals surface area contributed by atoms with Gasteiger partial charge in [-0.25, -0.2) is 0 Å². The number of halogens is 3. The molecule has 0 fully saturated rings. The van der Waals surface area contributed by atoms with Crippen LogP contribution in [0.2, 0.25) is 0 Å². The lowest BCUT2D eigenvalue weighted by molar-refractivity contribution is -0.136. The van der Waals surface area contributed by atoms with E-state index in [0.717, 1.165) is 6.07 Å². The van der Waals surface area contributed by atoms with Gasteiger partial charge >= 0.3 is 6.18 Å². The molecule has 0 saturated heterocycles. The average Bonchev–Trinajstić information content (AvgIpc) is 2.37. The van der Waals surface area contributed by atoms with Gasteiger partial charge in [-0.2, -0.15) is 28.1 Å². The fraction of sp³-hybridized carbons (Fsp3) is 0.250. The minimum absolute atomic E-state index is 0.0529. The molecule has 0 aliphatic rings. The molecule has 0 radical (unpaired) electrons. The van der Waals surface area contributed by atoms with Gasteiger partial charge in [0.1, 0.15) is 0 Å². The van der Waals surface area contributed by atoms with Crippen LogP contribution in [0.4, 0.5) is 36.7 Å². The number of hydrogen-bond donors (Lipinski definition) is 2. The van der Waals surface area contributed by atoms with E-state index in [-0.39, 0.29) is 23.5 Å². The van der Waals surface area contributed by atoms with Crippen molar-refractivity contribution in [2.45, 2.75) is 6.18 Å². The number of alkyl halides is 3. The second-order valence-electron chi connectivity index (χ2n) is 4.38. The van der Waals surface area contributed by atoms with Crippen LogP contribution in [0.3, 0.4) is 0 Å². The minimum atomic E-state index is -4.48. The normalized spacial score (nSPS) is 11.3. The van der Waals surface area contributed by atoms with Crippen LogP contribution in [0, 0.1) is 0 Å². The van der Waals surface area contributed by atoms with E-state index in [1.807, 2.05) is 0 Å². The number of rotatable bonds is 3. The Morgan fingerprint density at radius 1 is 1.10 bits per heavy atom. The van der Waals surface area contributed by atoms with Gasteiger partial charge in [0.2, 0.25) is 17.8 Å². The van der Waals surface area contributed by atoms with Crippen LogP contribution in [0.25, 0.3) is 0 Å². The molecule has 2 rings (SSSR count). The van der Waals surface area contributed by atoms with E-state index < -0.39 is 11.7 Å². The number of anilines is 4. The van der Waals surface area contributed by atoms with Crippen molar-refractivity contribution in [1.29, 1.82) is 0 Å². The smallest absolute Gasteiger partial charge is 0.368 e. The van der Waals surface area contributed by atoms with Gasteiger partial charge in [-0.15, -0.1) is 0 Å². The Kier molecular flexibility index (Phi) is 3.83. The fourth-order valence-electron chi connectivity index (χ4n) is 1.60. The number of nitrogens with two attached hydrogens (primary N) is 1. The zero-order valence-corrected chi connectivity index (χ0v) is 11.3. The topological polar surface area (TPSA) is 80.0 Å². The second-order valence-corrected chi connectivity index (χ2v) is 4.38. The number of para-hydroxylation sites is 1. The lowest BCUT2D eigenvalue weighted by Crippen LogP contribution is -2.16. The number of nitrogens with one attached hydrogen (secondary N) is 1. The lowest BCUT2D eigenvalue weighted by Gasteiger charge is -2.15. The van der Waals surface area contributed by atoms with Gasteiger partial charge in [0.25, 0.3) is 0 Å². The largest absolute Gasteiger partial charge is 0.418 e. The number of nitrogens with zero attached hydrogens (tertiary/aromatic N) is 4. The highest BCUT2D eigenvalue weighted by Gasteiger charge is 2.33. The predicted molar refractivity (Wildman–Crippen MR) is 73.3 cm³/mol. The molecule has 0 aliphatic carbocycles. The molecule has 6 nitrogen and oxygen atoms in total. The van der Waals surface area contributed by atoms with Crippen LogP contribution in [0.5, 0.6) is 0 Å². The van der Waals surface area contributed by atoms with Crippen LogP contribution in [0.1, 0.15) is 5.56 Å². The van der Waals surface area contributed by atoms with E-state index in [9.17, 15) is 13.2 Å². The van der Waals surface area contributed by atoms with E-state index in [4.69, 9.17) is 5.73 Å². The first kappa shape index (κ1) is 14.8. The number of aromatic nitrogens is 3. The lowest BCUT2D eigenvalue weighted by atomic mass is 10.1. The van der Waals surface area contributed by atoms with Crippen molar-refractivity contribution < 1.29 is 13.2 Å². The molecule has 112 valence electrons. The molecule has 0 bridgehead atoms. The van der Waals surface area contributed by atoms with Crippen LogP contribution in [-0.2, 0) is 6.18 Å². The van der Waals surface area contributed by atoms with Gasteiger partial charge in [-0.1, -0.05) is 12.1 Å². The minimum Gasteiger partial charge on any atom is -0.368 e. The Labute approximate surface area is 118 Å². The highest BCUT2D eigenvalue weighted by molar-refractivity contribution is 5.60. The molecule has 0 unspecified atom stereocenters. The van der Waals surface area contributed by atoms with Crippen molar-refractivity contribution >= 4 is 23.5 Å². The van der Waals surface area contributed by atoms with Crippen LogP contribution < -0.4 is 16.0 Å². The molecule has 0 atom stereocenters. The zero-order chi connectivity index (χ0) is 15.6. The third-order valence-corrected chi connectivity index (χ3v) is 2.52. The van der Waals surface area contributed by atoms with Gasteiger partial charge < -0.3 is 16.0 Å². The maximum atomic E-state index is 12.9. The standard InChI is InChI=1S/C12H13F3N6/c1-21(2)11-19-9(16)18-10(20-11)17-8-6-4-3-5-7(8)12(13,14)15/h3-6H,1-2H3,(H3,16,17,18,19,20). The molecule has 0 spiro atoms. The van der Waals surface area contributed by atoms with Gasteiger partial charge in [0, 0.05) is 14.1 Å². The molecular weight excluding hydrogens is 285 g/mol. The van der Waals surface area contributed by atoms with Crippen LogP contribution in [-0.4, -0.2) is 29.0 Å². The second kappa shape index (κ2) is 5.43. The van der Waals surface area contributed by atoms with E-state index in [1.54, 1.807) is 19.0 Å². The molecule has 21 heavy (non-hydrogen) atoms. The molecule has 9 heteroatoms. The summed E-state index contributed by atoms with van der Waals surface area (Å²) in [5, 5.41) is 2.53. The van der Waals surface area contributed by atoms with Crippen molar-refractivity contribution in [2.75, 3.05) is 30.0 Å². The number of nitrogen functional groups attached to an aromatic ring is 1. The van der Waals surface area contributed by atoms with E-state index in [2.05, 4.69) is 20.3 Å². The molecule has 0 aliphatic heterocycles. The predicted octanol–water partition coefficient (Wildman–Crippen LogP) is 2.28. The first-order valence-corrected chi connectivity index (χ1v) is 5.89. The fourth-order valence-corrected chi connectivity index (χ4v) is 1.60. The van der Waals surface area contributed by atoms with Crippen molar-refractivity contribution in [3.05, 3.63) is 29.8 Å². The first-order chi connectivity index (χ1) is 9.77. The van der Waals surface area contributed by atoms with Crippen molar-refractivity contribution in [2.24, 2.45) is 0 Å². The third-order valence-electron chi connectivity index (χ3n) is 2.52. The monoisotopic (exact) mass is 298 g/mol. The molecular formula is C12H13F3N6. The summed E-state index contributed by atoms with van der Waals surface area (Å²) < 4.78 is 38.7.